The number of hydrogen-bond donors (Lipinski definition) is 0. The van der Waals surface area contributed by atoms with E-state index in [0.717, 1.165) is 48.4 Å². The van der Waals surface area contributed by atoms with Gasteiger partial charge in [0.05, 0.1) is 25.7 Å². The number of piperidine rings is 1. The standard InChI is InChI=1S/C26H32F2N2O3/c1-2-33-26(31)21-4-3-11-29(18-21)12-14-32-15-13-30-24-9-7-22(27)16-19(24)5-6-20-17-23(28)8-10-25(20)30/h7-10,16-17,21H,2-6,11-15,18H2,1H3/t21-/m1/s1. The highest BCUT2D eigenvalue weighted by Crippen LogP contribution is 2.36. The number of hydrogen-bond acceptors (Lipinski definition) is 5. The summed E-state index contributed by atoms with van der Waals surface area (Å²) in [7, 11) is 0. The lowest BCUT2D eigenvalue weighted by Crippen LogP contribution is -2.41. The first-order chi connectivity index (χ1) is 16.0. The molecule has 2 heterocycles. The molecule has 2 aromatic rings. The minimum Gasteiger partial charge on any atom is -0.466 e. The molecule has 2 aliphatic heterocycles. The van der Waals surface area contributed by atoms with Gasteiger partial charge < -0.3 is 19.3 Å². The fourth-order valence-electron chi connectivity index (χ4n) is 4.84. The first-order valence-electron chi connectivity index (χ1n) is 11.9. The van der Waals surface area contributed by atoms with Crippen LogP contribution >= 0.6 is 0 Å². The number of esters is 1. The number of halogens is 2. The van der Waals surface area contributed by atoms with Crippen LogP contribution in [0.15, 0.2) is 36.4 Å². The van der Waals surface area contributed by atoms with Crippen molar-refractivity contribution >= 4 is 17.3 Å². The van der Waals surface area contributed by atoms with Gasteiger partial charge in [-0.15, -0.1) is 0 Å². The maximum Gasteiger partial charge on any atom is 0.310 e. The molecule has 1 fully saturated rings. The van der Waals surface area contributed by atoms with E-state index in [0.29, 0.717) is 45.8 Å². The predicted molar refractivity (Wildman–Crippen MR) is 124 cm³/mol. The number of likely N-dealkylation sites (tertiary alicyclic amines) is 1. The molecule has 0 saturated carbocycles. The zero-order valence-electron chi connectivity index (χ0n) is 19.2. The highest BCUT2D eigenvalue weighted by Gasteiger charge is 2.26. The first kappa shape index (κ1) is 23.6. The summed E-state index contributed by atoms with van der Waals surface area (Å²) in [5, 5.41) is 0. The van der Waals surface area contributed by atoms with Crippen molar-refractivity contribution in [2.75, 3.05) is 50.9 Å². The third-order valence-electron chi connectivity index (χ3n) is 6.46. The van der Waals surface area contributed by atoms with E-state index in [2.05, 4.69) is 9.80 Å². The summed E-state index contributed by atoms with van der Waals surface area (Å²) in [5.41, 5.74) is 3.73. The van der Waals surface area contributed by atoms with Crippen LogP contribution in [0.2, 0.25) is 0 Å². The van der Waals surface area contributed by atoms with Crippen molar-refractivity contribution in [2.45, 2.75) is 32.6 Å². The topological polar surface area (TPSA) is 42.0 Å². The Morgan fingerprint density at radius 1 is 1.00 bits per heavy atom. The zero-order chi connectivity index (χ0) is 23.2. The molecule has 0 amide bonds. The van der Waals surface area contributed by atoms with Gasteiger partial charge in [0, 0.05) is 31.0 Å². The zero-order valence-corrected chi connectivity index (χ0v) is 19.2. The summed E-state index contributed by atoms with van der Waals surface area (Å²) in [6, 6.07) is 9.68. The fraction of sp³-hybridized carbons (Fsp3) is 0.500. The third-order valence-corrected chi connectivity index (χ3v) is 6.46. The lowest BCUT2D eigenvalue weighted by molar-refractivity contribution is -0.150. The maximum atomic E-state index is 13.9. The van der Waals surface area contributed by atoms with Gasteiger partial charge in [-0.2, -0.15) is 0 Å². The van der Waals surface area contributed by atoms with Crippen LogP contribution < -0.4 is 4.90 Å². The number of fused-ring (bicyclic) bond motifs is 2. The van der Waals surface area contributed by atoms with Gasteiger partial charge in [0.15, 0.2) is 0 Å². The maximum absolute atomic E-state index is 13.9. The van der Waals surface area contributed by atoms with Gasteiger partial charge >= 0.3 is 5.97 Å². The van der Waals surface area contributed by atoms with E-state index in [9.17, 15) is 13.6 Å². The highest BCUT2D eigenvalue weighted by molar-refractivity contribution is 5.73. The molecule has 4 rings (SSSR count). The molecule has 0 unspecified atom stereocenters. The molecular formula is C26H32F2N2O3. The van der Waals surface area contributed by atoms with E-state index in [1.807, 2.05) is 6.92 Å². The van der Waals surface area contributed by atoms with Crippen LogP contribution in [-0.4, -0.2) is 56.9 Å². The number of carbonyl (C=O) groups is 1. The van der Waals surface area contributed by atoms with E-state index in [-0.39, 0.29) is 23.5 Å². The van der Waals surface area contributed by atoms with Crippen molar-refractivity contribution in [3.8, 4) is 0 Å². The molecule has 0 aromatic heterocycles. The lowest BCUT2D eigenvalue weighted by Gasteiger charge is -2.31. The monoisotopic (exact) mass is 458 g/mol. The molecule has 0 radical (unpaired) electrons. The number of ether oxygens (including phenoxy) is 2. The molecule has 33 heavy (non-hydrogen) atoms. The second-order valence-electron chi connectivity index (χ2n) is 8.70. The first-order valence-corrected chi connectivity index (χ1v) is 11.9. The van der Waals surface area contributed by atoms with E-state index in [1.54, 1.807) is 24.3 Å². The predicted octanol–water partition coefficient (Wildman–Crippen LogP) is 4.49. The van der Waals surface area contributed by atoms with Crippen LogP contribution in [0, 0.1) is 17.6 Å². The Bertz CT molecular complexity index is 915. The fourth-order valence-corrected chi connectivity index (χ4v) is 4.84. The summed E-state index contributed by atoms with van der Waals surface area (Å²) >= 11 is 0. The summed E-state index contributed by atoms with van der Waals surface area (Å²) in [5.74, 6) is -0.673. The SMILES string of the molecule is CCOC(=O)[C@@H]1CCCN(CCOCCN2c3ccc(F)cc3CCc3cc(F)ccc32)C1. The number of nitrogens with zero attached hydrogens (tertiary/aromatic N) is 2. The second-order valence-corrected chi connectivity index (χ2v) is 8.70. The van der Waals surface area contributed by atoms with Crippen molar-refractivity contribution < 1.29 is 23.0 Å². The van der Waals surface area contributed by atoms with E-state index < -0.39 is 0 Å². The van der Waals surface area contributed by atoms with E-state index >= 15 is 0 Å². The van der Waals surface area contributed by atoms with Crippen molar-refractivity contribution in [1.29, 1.82) is 0 Å². The number of rotatable bonds is 8. The molecule has 5 nitrogen and oxygen atoms in total. The Labute approximate surface area is 194 Å². The van der Waals surface area contributed by atoms with Gasteiger partial charge in [-0.05, 0) is 86.7 Å². The normalized spacial score (nSPS) is 18.4. The molecule has 0 bridgehead atoms. The van der Waals surface area contributed by atoms with Crippen LogP contribution in [0.25, 0.3) is 0 Å². The second kappa shape index (κ2) is 11.1. The molecule has 1 atom stereocenters. The largest absolute Gasteiger partial charge is 0.466 e. The highest BCUT2D eigenvalue weighted by atomic mass is 19.1. The van der Waals surface area contributed by atoms with E-state index in [1.165, 1.54) is 12.1 Å². The molecule has 0 N–H and O–H groups in total. The molecule has 1 saturated heterocycles. The number of aryl methyl sites for hydroxylation is 2. The Morgan fingerprint density at radius 3 is 2.27 bits per heavy atom. The van der Waals surface area contributed by atoms with Gasteiger partial charge in [-0.3, -0.25) is 4.79 Å². The summed E-state index contributed by atoms with van der Waals surface area (Å²) in [6.45, 7) is 6.33. The minimum atomic E-state index is -0.259. The molecule has 0 spiro atoms. The average molecular weight is 459 g/mol. The van der Waals surface area contributed by atoms with Crippen molar-refractivity contribution in [1.82, 2.24) is 4.90 Å². The van der Waals surface area contributed by atoms with Crippen LogP contribution in [0.4, 0.5) is 20.2 Å². The van der Waals surface area contributed by atoms with Crippen molar-refractivity contribution in [3.05, 3.63) is 59.2 Å². The van der Waals surface area contributed by atoms with Gasteiger partial charge in [0.2, 0.25) is 0 Å². The summed E-state index contributed by atoms with van der Waals surface area (Å²) < 4.78 is 38.8. The Morgan fingerprint density at radius 2 is 1.64 bits per heavy atom. The molecule has 2 aliphatic rings. The van der Waals surface area contributed by atoms with Gasteiger partial charge in [-0.25, -0.2) is 8.78 Å². The summed E-state index contributed by atoms with van der Waals surface area (Å²) in [4.78, 5) is 16.4. The lowest BCUT2D eigenvalue weighted by atomic mass is 9.98. The molecule has 178 valence electrons. The van der Waals surface area contributed by atoms with Gasteiger partial charge in [0.1, 0.15) is 11.6 Å². The number of carbonyl (C=O) groups excluding carboxylic acids is 1. The van der Waals surface area contributed by atoms with Crippen LogP contribution in [0.1, 0.15) is 30.9 Å². The molecular weight excluding hydrogens is 426 g/mol. The quantitative estimate of drug-likeness (QED) is 0.431. The smallest absolute Gasteiger partial charge is 0.310 e. The third kappa shape index (κ3) is 5.89. The van der Waals surface area contributed by atoms with Crippen molar-refractivity contribution in [2.24, 2.45) is 5.92 Å². The number of benzene rings is 2. The Balaban J connectivity index is 1.34. The Kier molecular flexibility index (Phi) is 7.93. The molecule has 7 heteroatoms. The van der Waals surface area contributed by atoms with Crippen molar-refractivity contribution in [3.63, 3.8) is 0 Å². The Hall–Kier alpha value is -2.51. The molecule has 2 aromatic carbocycles. The average Bonchev–Trinajstić information content (AvgIpc) is 2.95. The van der Waals surface area contributed by atoms with Crippen LogP contribution in [0.3, 0.4) is 0 Å². The van der Waals surface area contributed by atoms with Gasteiger partial charge in [-0.1, -0.05) is 0 Å². The van der Waals surface area contributed by atoms with Gasteiger partial charge in [0.25, 0.3) is 0 Å². The van der Waals surface area contributed by atoms with Crippen LogP contribution in [0.5, 0.6) is 0 Å². The van der Waals surface area contributed by atoms with E-state index in [4.69, 9.17) is 9.47 Å². The number of anilines is 2. The minimum absolute atomic E-state index is 0.0513. The van der Waals surface area contributed by atoms with Crippen LogP contribution in [-0.2, 0) is 27.1 Å². The summed E-state index contributed by atoms with van der Waals surface area (Å²) in [6.07, 6.45) is 3.19. The molecule has 0 aliphatic carbocycles.